The third kappa shape index (κ3) is 3.54. The largest absolute Gasteiger partial charge is 0.481 e. The standard InChI is InChI=1S/C11H12BrNO3S/c12-9-3-7(5-17-9)11(16)13-8(4-10(14)15)6-1-2-6/h3,5-6,8H,1-2,4H2,(H,13,16)(H,14,15). The molecule has 0 bridgehead atoms. The van der Waals surface area contributed by atoms with E-state index in [1.807, 2.05) is 0 Å². The van der Waals surface area contributed by atoms with Crippen molar-refractivity contribution in [1.29, 1.82) is 0 Å². The van der Waals surface area contributed by atoms with Crippen molar-refractivity contribution in [3.63, 3.8) is 0 Å². The lowest BCUT2D eigenvalue weighted by Crippen LogP contribution is -2.37. The normalized spacial score (nSPS) is 16.5. The maximum Gasteiger partial charge on any atom is 0.305 e. The molecule has 6 heteroatoms. The first-order valence-electron chi connectivity index (χ1n) is 5.33. The van der Waals surface area contributed by atoms with Gasteiger partial charge >= 0.3 is 5.97 Å². The summed E-state index contributed by atoms with van der Waals surface area (Å²) in [5, 5.41) is 13.4. The van der Waals surface area contributed by atoms with E-state index in [9.17, 15) is 9.59 Å². The number of carbonyl (C=O) groups excluding carboxylic acids is 1. The summed E-state index contributed by atoms with van der Waals surface area (Å²) in [6.45, 7) is 0. The van der Waals surface area contributed by atoms with Crippen LogP contribution >= 0.6 is 27.3 Å². The Morgan fingerprint density at radius 2 is 2.29 bits per heavy atom. The molecule has 1 amide bonds. The van der Waals surface area contributed by atoms with Gasteiger partial charge in [0.05, 0.1) is 15.8 Å². The first kappa shape index (κ1) is 12.6. The second-order valence-electron chi connectivity index (χ2n) is 4.15. The van der Waals surface area contributed by atoms with Gasteiger partial charge in [0.2, 0.25) is 0 Å². The fourth-order valence-electron chi connectivity index (χ4n) is 1.70. The molecule has 1 aliphatic rings. The highest BCUT2D eigenvalue weighted by Crippen LogP contribution is 2.34. The lowest BCUT2D eigenvalue weighted by atomic mass is 10.1. The van der Waals surface area contributed by atoms with Crippen molar-refractivity contribution in [3.8, 4) is 0 Å². The van der Waals surface area contributed by atoms with Crippen LogP contribution in [0.25, 0.3) is 0 Å². The van der Waals surface area contributed by atoms with Gasteiger partial charge in [0, 0.05) is 11.4 Å². The summed E-state index contributed by atoms with van der Waals surface area (Å²) >= 11 is 4.73. The zero-order chi connectivity index (χ0) is 12.4. The van der Waals surface area contributed by atoms with Gasteiger partial charge in [0.1, 0.15) is 0 Å². The molecule has 0 radical (unpaired) electrons. The summed E-state index contributed by atoms with van der Waals surface area (Å²) in [4.78, 5) is 22.6. The molecule has 0 spiro atoms. The van der Waals surface area contributed by atoms with Crippen molar-refractivity contribution in [2.24, 2.45) is 5.92 Å². The lowest BCUT2D eigenvalue weighted by Gasteiger charge is -2.15. The molecule has 1 aromatic heterocycles. The van der Waals surface area contributed by atoms with Gasteiger partial charge in [-0.3, -0.25) is 9.59 Å². The third-order valence-electron chi connectivity index (χ3n) is 2.73. The van der Waals surface area contributed by atoms with E-state index in [2.05, 4.69) is 21.2 Å². The van der Waals surface area contributed by atoms with E-state index < -0.39 is 5.97 Å². The molecule has 92 valence electrons. The minimum atomic E-state index is -0.867. The van der Waals surface area contributed by atoms with Crippen molar-refractivity contribution in [2.75, 3.05) is 0 Å². The molecule has 0 saturated heterocycles. The highest BCUT2D eigenvalue weighted by atomic mass is 79.9. The number of carboxylic acid groups (broad SMARTS) is 1. The molecule has 1 fully saturated rings. The molecule has 1 aromatic rings. The molecule has 1 atom stereocenters. The van der Waals surface area contributed by atoms with Crippen LogP contribution < -0.4 is 5.32 Å². The molecule has 4 nitrogen and oxygen atoms in total. The van der Waals surface area contributed by atoms with Gasteiger partial charge in [-0.25, -0.2) is 0 Å². The number of halogens is 1. The van der Waals surface area contributed by atoms with E-state index in [-0.39, 0.29) is 18.4 Å². The zero-order valence-electron chi connectivity index (χ0n) is 8.98. The van der Waals surface area contributed by atoms with Crippen LogP contribution in [-0.4, -0.2) is 23.0 Å². The summed E-state index contributed by atoms with van der Waals surface area (Å²) in [6, 6.07) is 1.50. The van der Waals surface area contributed by atoms with Gasteiger partial charge in [0.15, 0.2) is 0 Å². The zero-order valence-corrected chi connectivity index (χ0v) is 11.4. The van der Waals surface area contributed by atoms with Gasteiger partial charge in [-0.2, -0.15) is 0 Å². The number of carbonyl (C=O) groups is 2. The second-order valence-corrected chi connectivity index (χ2v) is 6.45. The lowest BCUT2D eigenvalue weighted by molar-refractivity contribution is -0.137. The molecule has 2 N–H and O–H groups in total. The van der Waals surface area contributed by atoms with Crippen LogP contribution in [-0.2, 0) is 4.79 Å². The summed E-state index contributed by atoms with van der Waals surface area (Å²) in [5.41, 5.74) is 0.581. The molecule has 0 aromatic carbocycles. The van der Waals surface area contributed by atoms with Crippen molar-refractivity contribution < 1.29 is 14.7 Å². The van der Waals surface area contributed by atoms with E-state index >= 15 is 0 Å². The minimum Gasteiger partial charge on any atom is -0.481 e. The van der Waals surface area contributed by atoms with Gasteiger partial charge in [-0.05, 0) is 40.8 Å². The predicted molar refractivity (Wildman–Crippen MR) is 68.3 cm³/mol. The molecule has 1 aliphatic carbocycles. The van der Waals surface area contributed by atoms with E-state index in [0.717, 1.165) is 16.6 Å². The second kappa shape index (κ2) is 5.18. The molecule has 1 unspecified atom stereocenters. The van der Waals surface area contributed by atoms with E-state index in [4.69, 9.17) is 5.11 Å². The summed E-state index contributed by atoms with van der Waals surface area (Å²) < 4.78 is 0.892. The highest BCUT2D eigenvalue weighted by molar-refractivity contribution is 9.11. The predicted octanol–water partition coefficient (Wildman–Crippen LogP) is 2.49. The molecule has 2 rings (SSSR count). The van der Waals surface area contributed by atoms with E-state index in [1.54, 1.807) is 11.4 Å². The van der Waals surface area contributed by atoms with Crippen molar-refractivity contribution in [3.05, 3.63) is 20.8 Å². The van der Waals surface area contributed by atoms with Crippen LogP contribution in [0.4, 0.5) is 0 Å². The quantitative estimate of drug-likeness (QED) is 0.876. The highest BCUT2D eigenvalue weighted by Gasteiger charge is 2.33. The van der Waals surface area contributed by atoms with E-state index in [0.29, 0.717) is 11.5 Å². The first-order chi connectivity index (χ1) is 8.06. The monoisotopic (exact) mass is 317 g/mol. The first-order valence-corrected chi connectivity index (χ1v) is 7.00. The van der Waals surface area contributed by atoms with Gasteiger partial charge in [-0.1, -0.05) is 0 Å². The average Bonchev–Trinajstić information content (AvgIpc) is 2.99. The van der Waals surface area contributed by atoms with E-state index in [1.165, 1.54) is 11.3 Å². The summed E-state index contributed by atoms with van der Waals surface area (Å²) in [5.74, 6) is -0.726. The molecule has 1 saturated carbocycles. The Bertz CT molecular complexity index is 442. The number of carboxylic acids is 1. The molecular formula is C11H12BrNO3S. The summed E-state index contributed by atoms with van der Waals surface area (Å²) in [6.07, 6.45) is 2.01. The number of nitrogens with one attached hydrogen (secondary N) is 1. The number of amides is 1. The van der Waals surface area contributed by atoms with Crippen LogP contribution in [0.5, 0.6) is 0 Å². The Labute approximate surface area is 111 Å². The fraction of sp³-hybridized carbons (Fsp3) is 0.455. The summed E-state index contributed by atoms with van der Waals surface area (Å²) in [7, 11) is 0. The number of hydrogen-bond acceptors (Lipinski definition) is 3. The Morgan fingerprint density at radius 1 is 1.59 bits per heavy atom. The van der Waals surface area contributed by atoms with Crippen molar-refractivity contribution in [2.45, 2.75) is 25.3 Å². The van der Waals surface area contributed by atoms with Crippen LogP contribution in [0.15, 0.2) is 15.2 Å². The SMILES string of the molecule is O=C(O)CC(NC(=O)c1csc(Br)c1)C1CC1. The van der Waals surface area contributed by atoms with Crippen molar-refractivity contribution in [1.82, 2.24) is 5.32 Å². The molecule has 17 heavy (non-hydrogen) atoms. The third-order valence-corrected chi connectivity index (χ3v) is 4.24. The number of hydrogen-bond donors (Lipinski definition) is 2. The number of thiophene rings is 1. The average molecular weight is 318 g/mol. The number of aliphatic carboxylic acids is 1. The van der Waals surface area contributed by atoms with Crippen LogP contribution in [0.3, 0.4) is 0 Å². The maximum absolute atomic E-state index is 11.9. The van der Waals surface area contributed by atoms with Crippen LogP contribution in [0, 0.1) is 5.92 Å². The Kier molecular flexibility index (Phi) is 3.83. The Balaban J connectivity index is 1.97. The van der Waals surface area contributed by atoms with Crippen LogP contribution in [0.1, 0.15) is 29.6 Å². The number of rotatable bonds is 5. The minimum absolute atomic E-state index is 0.00170. The molecule has 1 heterocycles. The Hall–Kier alpha value is -0.880. The topological polar surface area (TPSA) is 66.4 Å². The van der Waals surface area contributed by atoms with Crippen molar-refractivity contribution >= 4 is 39.1 Å². The fourth-order valence-corrected chi connectivity index (χ4v) is 2.84. The smallest absolute Gasteiger partial charge is 0.305 e. The van der Waals surface area contributed by atoms with Gasteiger partial charge < -0.3 is 10.4 Å². The van der Waals surface area contributed by atoms with Crippen LogP contribution in [0.2, 0.25) is 0 Å². The Morgan fingerprint density at radius 3 is 2.76 bits per heavy atom. The van der Waals surface area contributed by atoms with Gasteiger partial charge in [-0.15, -0.1) is 11.3 Å². The van der Waals surface area contributed by atoms with Gasteiger partial charge in [0.25, 0.3) is 5.91 Å². The molecular weight excluding hydrogens is 306 g/mol. The molecule has 0 aliphatic heterocycles. The maximum atomic E-state index is 11.9.